The van der Waals surface area contributed by atoms with Crippen molar-refractivity contribution in [2.24, 2.45) is 5.92 Å². The molecule has 1 aromatic rings. The molecule has 16 heavy (non-hydrogen) atoms. The molecule has 0 N–H and O–H groups in total. The molecule has 0 amide bonds. The van der Waals surface area contributed by atoms with Gasteiger partial charge in [-0.2, -0.15) is 0 Å². The van der Waals surface area contributed by atoms with E-state index in [9.17, 15) is 4.39 Å². The zero-order valence-electron chi connectivity index (χ0n) is 9.18. The van der Waals surface area contributed by atoms with Gasteiger partial charge in [-0.1, -0.05) is 18.5 Å². The minimum Gasteiger partial charge on any atom is -0.494 e. The van der Waals surface area contributed by atoms with Gasteiger partial charge in [-0.25, -0.2) is 4.39 Å². The first-order valence-corrected chi connectivity index (χ1v) is 6.18. The zero-order chi connectivity index (χ0) is 12.0. The molecule has 1 nitrogen and oxygen atoms in total. The average Bonchev–Trinajstić information content (AvgIpc) is 2.24. The second-order valence-electron chi connectivity index (χ2n) is 3.80. The summed E-state index contributed by atoms with van der Waals surface area (Å²) in [6.07, 6.45) is 1.91. The van der Waals surface area contributed by atoms with E-state index in [1.165, 1.54) is 12.1 Å². The number of benzene rings is 1. The van der Waals surface area contributed by atoms with Gasteiger partial charge >= 0.3 is 0 Å². The van der Waals surface area contributed by atoms with Crippen LogP contribution in [0.1, 0.15) is 19.8 Å². The maximum atomic E-state index is 12.8. The molecule has 1 aromatic carbocycles. The Balaban J connectivity index is 2.34. The van der Waals surface area contributed by atoms with Crippen molar-refractivity contribution in [1.29, 1.82) is 0 Å². The molecule has 1 unspecified atom stereocenters. The normalized spacial score (nSPS) is 12.5. The molecule has 1 atom stereocenters. The molecule has 0 fully saturated rings. The Bertz CT molecular complexity index is 331. The van der Waals surface area contributed by atoms with Gasteiger partial charge in [-0.15, -0.1) is 11.6 Å². The first-order chi connectivity index (χ1) is 7.63. The van der Waals surface area contributed by atoms with Crippen LogP contribution < -0.4 is 4.74 Å². The molecule has 0 aliphatic carbocycles. The van der Waals surface area contributed by atoms with Gasteiger partial charge in [0, 0.05) is 11.9 Å². The molecule has 1 rings (SSSR count). The molecule has 0 spiro atoms. The summed E-state index contributed by atoms with van der Waals surface area (Å²) in [4.78, 5) is 0. The Hall–Kier alpha value is -0.470. The fraction of sp³-hybridized carbons (Fsp3) is 0.500. The number of hydrogen-bond acceptors (Lipinski definition) is 1. The van der Waals surface area contributed by atoms with Crippen molar-refractivity contribution < 1.29 is 9.13 Å². The maximum Gasteiger partial charge on any atom is 0.142 e. The van der Waals surface area contributed by atoms with Gasteiger partial charge < -0.3 is 4.74 Å². The van der Waals surface area contributed by atoms with Crippen LogP contribution >= 0.6 is 23.2 Å². The molecule has 0 saturated heterocycles. The van der Waals surface area contributed by atoms with Gasteiger partial charge in [0.25, 0.3) is 0 Å². The summed E-state index contributed by atoms with van der Waals surface area (Å²) in [5, 5.41) is 0.0892. The smallest absolute Gasteiger partial charge is 0.142 e. The van der Waals surface area contributed by atoms with E-state index in [4.69, 9.17) is 27.9 Å². The predicted molar refractivity (Wildman–Crippen MR) is 66.0 cm³/mol. The summed E-state index contributed by atoms with van der Waals surface area (Å²) in [5.74, 6) is 1.38. The van der Waals surface area contributed by atoms with Crippen LogP contribution in [-0.2, 0) is 0 Å². The van der Waals surface area contributed by atoms with Crippen molar-refractivity contribution in [3.63, 3.8) is 0 Å². The lowest BCUT2D eigenvalue weighted by Crippen LogP contribution is -2.04. The summed E-state index contributed by atoms with van der Waals surface area (Å²) in [5.41, 5.74) is 0. The molecule has 0 aliphatic rings. The van der Waals surface area contributed by atoms with Gasteiger partial charge in [0.2, 0.25) is 0 Å². The Morgan fingerprint density at radius 2 is 2.12 bits per heavy atom. The number of halogens is 3. The van der Waals surface area contributed by atoms with Gasteiger partial charge in [0.05, 0.1) is 11.6 Å². The van der Waals surface area contributed by atoms with Gasteiger partial charge in [-0.05, 0) is 30.9 Å². The summed E-state index contributed by atoms with van der Waals surface area (Å²) < 4.78 is 18.3. The van der Waals surface area contributed by atoms with Crippen molar-refractivity contribution in [3.05, 3.63) is 29.0 Å². The lowest BCUT2D eigenvalue weighted by Gasteiger charge is -2.11. The minimum atomic E-state index is -0.426. The molecule has 0 heterocycles. The quantitative estimate of drug-likeness (QED) is 0.687. The first-order valence-electron chi connectivity index (χ1n) is 5.27. The topological polar surface area (TPSA) is 9.23 Å². The number of rotatable bonds is 6. The monoisotopic (exact) mass is 264 g/mol. The first kappa shape index (κ1) is 13.6. The van der Waals surface area contributed by atoms with Crippen molar-refractivity contribution >= 4 is 23.2 Å². The second-order valence-corrected chi connectivity index (χ2v) is 4.58. The van der Waals surface area contributed by atoms with Gasteiger partial charge in [0.1, 0.15) is 11.6 Å². The van der Waals surface area contributed by atoms with Crippen LogP contribution in [0.25, 0.3) is 0 Å². The Labute approximate surface area is 106 Å². The van der Waals surface area contributed by atoms with E-state index in [1.54, 1.807) is 6.07 Å². The molecule has 0 bridgehead atoms. The third kappa shape index (κ3) is 4.58. The Morgan fingerprint density at radius 3 is 2.75 bits per heavy atom. The highest BCUT2D eigenvalue weighted by molar-refractivity contribution is 6.30. The van der Waals surface area contributed by atoms with E-state index < -0.39 is 5.82 Å². The van der Waals surface area contributed by atoms with Crippen LogP contribution in [0, 0.1) is 11.7 Å². The molecule has 4 heteroatoms. The van der Waals surface area contributed by atoms with E-state index in [0.29, 0.717) is 24.2 Å². The standard InChI is InChI=1S/C12H15Cl2FO/c1-9(4-6-13)5-7-16-10-2-3-12(15)11(14)8-10/h2-3,8-9H,4-7H2,1H3. The van der Waals surface area contributed by atoms with E-state index in [0.717, 1.165) is 12.8 Å². The second kappa shape index (κ2) is 6.97. The van der Waals surface area contributed by atoms with E-state index in [1.807, 2.05) is 0 Å². The summed E-state index contributed by atoms with van der Waals surface area (Å²) in [6, 6.07) is 4.37. The summed E-state index contributed by atoms with van der Waals surface area (Å²) in [7, 11) is 0. The lowest BCUT2D eigenvalue weighted by molar-refractivity contribution is 0.282. The van der Waals surface area contributed by atoms with Crippen LogP contribution in [0.2, 0.25) is 5.02 Å². The van der Waals surface area contributed by atoms with Crippen molar-refractivity contribution in [3.8, 4) is 5.75 Å². The molecule has 90 valence electrons. The fourth-order valence-electron chi connectivity index (χ4n) is 1.28. The fourth-order valence-corrected chi connectivity index (χ4v) is 1.82. The molecule has 0 aromatic heterocycles. The van der Waals surface area contributed by atoms with Crippen molar-refractivity contribution in [2.45, 2.75) is 19.8 Å². The summed E-state index contributed by atoms with van der Waals surface area (Å²) in [6.45, 7) is 2.73. The van der Waals surface area contributed by atoms with Crippen LogP contribution in [-0.4, -0.2) is 12.5 Å². The average molecular weight is 265 g/mol. The summed E-state index contributed by atoms with van der Waals surface area (Å²) >= 11 is 11.3. The van der Waals surface area contributed by atoms with E-state index >= 15 is 0 Å². The van der Waals surface area contributed by atoms with Crippen LogP contribution in [0.15, 0.2) is 18.2 Å². The number of alkyl halides is 1. The third-order valence-corrected chi connectivity index (χ3v) is 2.88. The Morgan fingerprint density at radius 1 is 1.38 bits per heavy atom. The highest BCUT2D eigenvalue weighted by Crippen LogP contribution is 2.21. The predicted octanol–water partition coefficient (Wildman–Crippen LogP) is 4.51. The zero-order valence-corrected chi connectivity index (χ0v) is 10.7. The van der Waals surface area contributed by atoms with Gasteiger partial charge in [-0.3, -0.25) is 0 Å². The van der Waals surface area contributed by atoms with E-state index in [-0.39, 0.29) is 5.02 Å². The number of ether oxygens (including phenoxy) is 1. The number of hydrogen-bond donors (Lipinski definition) is 0. The van der Waals surface area contributed by atoms with Crippen LogP contribution in [0.3, 0.4) is 0 Å². The van der Waals surface area contributed by atoms with Crippen LogP contribution in [0.5, 0.6) is 5.75 Å². The van der Waals surface area contributed by atoms with Crippen molar-refractivity contribution in [1.82, 2.24) is 0 Å². The SMILES string of the molecule is CC(CCCl)CCOc1ccc(F)c(Cl)c1. The molecular formula is C12H15Cl2FO. The maximum absolute atomic E-state index is 12.8. The minimum absolute atomic E-state index is 0.0892. The van der Waals surface area contributed by atoms with Gasteiger partial charge in [0.15, 0.2) is 0 Å². The highest BCUT2D eigenvalue weighted by Gasteiger charge is 2.04. The third-order valence-electron chi connectivity index (χ3n) is 2.37. The molecule has 0 aliphatic heterocycles. The largest absolute Gasteiger partial charge is 0.494 e. The molecule has 0 radical (unpaired) electrons. The van der Waals surface area contributed by atoms with E-state index in [2.05, 4.69) is 6.92 Å². The lowest BCUT2D eigenvalue weighted by atomic mass is 10.1. The molecular weight excluding hydrogens is 250 g/mol. The Kier molecular flexibility index (Phi) is 5.93. The van der Waals surface area contributed by atoms with Crippen molar-refractivity contribution in [2.75, 3.05) is 12.5 Å². The highest BCUT2D eigenvalue weighted by atomic mass is 35.5. The van der Waals surface area contributed by atoms with Crippen LogP contribution in [0.4, 0.5) is 4.39 Å². The molecule has 0 saturated carbocycles.